The average Bonchev–Trinajstić information content (AvgIpc) is 2.15. The van der Waals surface area contributed by atoms with Gasteiger partial charge in [-0.2, -0.15) is 13.2 Å². The molecule has 0 saturated heterocycles. The number of nitrogens with two attached hydrogens (primary N) is 1. The molecule has 1 rings (SSSR count). The minimum Gasteiger partial charge on any atom is -0.394 e. The van der Waals surface area contributed by atoms with Crippen molar-refractivity contribution in [2.24, 2.45) is 5.73 Å². The maximum Gasteiger partial charge on any atom is 0.416 e. The third kappa shape index (κ3) is 2.93. The predicted octanol–water partition coefficient (Wildman–Crippen LogP) is 2.46. The minimum atomic E-state index is -4.37. The molecular formula is C9H9BrF3NO. The van der Waals surface area contributed by atoms with Crippen molar-refractivity contribution in [3.63, 3.8) is 0 Å². The van der Waals surface area contributed by atoms with Crippen molar-refractivity contribution in [1.82, 2.24) is 0 Å². The number of aliphatic hydroxyl groups excluding tert-OH is 1. The van der Waals surface area contributed by atoms with Crippen LogP contribution in [0.1, 0.15) is 17.2 Å². The molecule has 0 fully saturated rings. The molecule has 3 N–H and O–H groups in total. The van der Waals surface area contributed by atoms with Crippen LogP contribution in [0.5, 0.6) is 0 Å². The fourth-order valence-corrected chi connectivity index (χ4v) is 1.78. The second-order valence-corrected chi connectivity index (χ2v) is 3.88. The van der Waals surface area contributed by atoms with E-state index >= 15 is 0 Å². The predicted molar refractivity (Wildman–Crippen MR) is 53.2 cm³/mol. The quantitative estimate of drug-likeness (QED) is 0.876. The highest BCUT2D eigenvalue weighted by Gasteiger charge is 2.31. The molecule has 0 amide bonds. The standard InChI is InChI=1S/C9H9BrF3NO/c10-7-3-5(9(11,12)13)1-2-6(7)8(14)4-15/h1-3,8,15H,4,14H2. The van der Waals surface area contributed by atoms with E-state index in [0.717, 1.165) is 12.1 Å². The van der Waals surface area contributed by atoms with E-state index in [2.05, 4.69) is 15.9 Å². The maximum atomic E-state index is 12.3. The second-order valence-electron chi connectivity index (χ2n) is 3.02. The summed E-state index contributed by atoms with van der Waals surface area (Å²) < 4.78 is 37.1. The molecule has 2 nitrogen and oxygen atoms in total. The van der Waals surface area contributed by atoms with Gasteiger partial charge in [-0.05, 0) is 17.7 Å². The van der Waals surface area contributed by atoms with Gasteiger partial charge in [0.2, 0.25) is 0 Å². The Morgan fingerprint density at radius 1 is 1.40 bits per heavy atom. The van der Waals surface area contributed by atoms with E-state index in [4.69, 9.17) is 10.8 Å². The zero-order chi connectivity index (χ0) is 11.6. The van der Waals surface area contributed by atoms with Crippen LogP contribution in [0.25, 0.3) is 0 Å². The molecule has 0 saturated carbocycles. The smallest absolute Gasteiger partial charge is 0.394 e. The zero-order valence-electron chi connectivity index (χ0n) is 7.55. The first kappa shape index (κ1) is 12.5. The normalized spacial score (nSPS) is 14.0. The lowest BCUT2D eigenvalue weighted by atomic mass is 10.1. The van der Waals surface area contributed by atoms with Gasteiger partial charge < -0.3 is 10.8 Å². The molecule has 1 atom stereocenters. The zero-order valence-corrected chi connectivity index (χ0v) is 9.14. The molecule has 0 aliphatic heterocycles. The van der Waals surface area contributed by atoms with Crippen molar-refractivity contribution in [2.75, 3.05) is 6.61 Å². The Morgan fingerprint density at radius 2 is 2.00 bits per heavy atom. The first-order valence-corrected chi connectivity index (χ1v) is 4.88. The molecule has 0 radical (unpaired) electrons. The molecule has 0 heterocycles. The van der Waals surface area contributed by atoms with E-state index in [1.54, 1.807) is 0 Å². The number of aliphatic hydroxyl groups is 1. The molecule has 0 aromatic heterocycles. The highest BCUT2D eigenvalue weighted by molar-refractivity contribution is 9.10. The van der Waals surface area contributed by atoms with Gasteiger partial charge in [-0.1, -0.05) is 22.0 Å². The van der Waals surface area contributed by atoms with Crippen LogP contribution >= 0.6 is 15.9 Å². The van der Waals surface area contributed by atoms with Crippen molar-refractivity contribution in [1.29, 1.82) is 0 Å². The lowest BCUT2D eigenvalue weighted by Gasteiger charge is -2.13. The summed E-state index contributed by atoms with van der Waals surface area (Å²) in [5.41, 5.74) is 5.20. The monoisotopic (exact) mass is 283 g/mol. The molecule has 0 spiro atoms. The van der Waals surface area contributed by atoms with Crippen molar-refractivity contribution in [2.45, 2.75) is 12.2 Å². The third-order valence-corrected chi connectivity index (χ3v) is 2.61. The van der Waals surface area contributed by atoms with Crippen LogP contribution < -0.4 is 5.73 Å². The number of hydrogen-bond acceptors (Lipinski definition) is 2. The van der Waals surface area contributed by atoms with Crippen molar-refractivity contribution in [3.8, 4) is 0 Å². The summed E-state index contributed by atoms with van der Waals surface area (Å²) in [7, 11) is 0. The Bertz CT molecular complexity index is 354. The fraction of sp³-hybridized carbons (Fsp3) is 0.333. The summed E-state index contributed by atoms with van der Waals surface area (Å²) in [6.45, 7) is -0.316. The van der Waals surface area contributed by atoms with Gasteiger partial charge in [-0.15, -0.1) is 0 Å². The number of halogens is 4. The molecule has 84 valence electrons. The minimum absolute atomic E-state index is 0.249. The second kappa shape index (κ2) is 4.51. The Morgan fingerprint density at radius 3 is 2.40 bits per heavy atom. The van der Waals surface area contributed by atoms with Crippen LogP contribution in [0.3, 0.4) is 0 Å². The van der Waals surface area contributed by atoms with Crippen molar-refractivity contribution in [3.05, 3.63) is 33.8 Å². The van der Waals surface area contributed by atoms with E-state index in [-0.39, 0.29) is 11.1 Å². The largest absolute Gasteiger partial charge is 0.416 e. The van der Waals surface area contributed by atoms with Crippen LogP contribution in [-0.2, 0) is 6.18 Å². The van der Waals surface area contributed by atoms with Crippen LogP contribution in [0, 0.1) is 0 Å². The molecule has 15 heavy (non-hydrogen) atoms. The Kier molecular flexibility index (Phi) is 3.75. The third-order valence-electron chi connectivity index (χ3n) is 1.92. The van der Waals surface area contributed by atoms with E-state index < -0.39 is 17.8 Å². The first-order chi connectivity index (χ1) is 6.86. The molecule has 1 aromatic carbocycles. The first-order valence-electron chi connectivity index (χ1n) is 4.09. The highest BCUT2D eigenvalue weighted by atomic mass is 79.9. The van der Waals surface area contributed by atoms with E-state index in [1.165, 1.54) is 6.07 Å². The summed E-state index contributed by atoms with van der Waals surface area (Å²) in [5, 5.41) is 8.77. The lowest BCUT2D eigenvalue weighted by molar-refractivity contribution is -0.137. The lowest BCUT2D eigenvalue weighted by Crippen LogP contribution is -2.15. The molecule has 6 heteroatoms. The van der Waals surface area contributed by atoms with Gasteiger partial charge in [0.25, 0.3) is 0 Å². The Labute approximate surface area is 93.0 Å². The van der Waals surface area contributed by atoms with E-state index in [0.29, 0.717) is 5.56 Å². The molecule has 0 aliphatic rings. The van der Waals surface area contributed by atoms with E-state index in [1.807, 2.05) is 0 Å². The number of rotatable bonds is 2. The SMILES string of the molecule is NC(CO)c1ccc(C(F)(F)F)cc1Br. The number of benzene rings is 1. The van der Waals surface area contributed by atoms with Crippen LogP contribution in [0.4, 0.5) is 13.2 Å². The molecule has 0 bridgehead atoms. The van der Waals surface area contributed by atoms with Gasteiger partial charge in [0.1, 0.15) is 0 Å². The fourth-order valence-electron chi connectivity index (χ4n) is 1.10. The summed E-state index contributed by atoms with van der Waals surface area (Å²) in [6.07, 6.45) is -4.37. The summed E-state index contributed by atoms with van der Waals surface area (Å²) in [4.78, 5) is 0. The van der Waals surface area contributed by atoms with Crippen LogP contribution in [0.15, 0.2) is 22.7 Å². The van der Waals surface area contributed by atoms with Gasteiger partial charge >= 0.3 is 6.18 Å². The topological polar surface area (TPSA) is 46.2 Å². The van der Waals surface area contributed by atoms with Crippen molar-refractivity contribution < 1.29 is 18.3 Å². The van der Waals surface area contributed by atoms with Crippen molar-refractivity contribution >= 4 is 15.9 Å². The van der Waals surface area contributed by atoms with Gasteiger partial charge in [0, 0.05) is 4.47 Å². The highest BCUT2D eigenvalue weighted by Crippen LogP contribution is 2.33. The van der Waals surface area contributed by atoms with Gasteiger partial charge in [-0.25, -0.2) is 0 Å². The molecule has 0 aliphatic carbocycles. The summed E-state index contributed by atoms with van der Waals surface area (Å²) >= 11 is 2.99. The van der Waals surface area contributed by atoms with Gasteiger partial charge in [0.15, 0.2) is 0 Å². The summed E-state index contributed by atoms with van der Waals surface area (Å²) in [6, 6.07) is 2.47. The number of alkyl halides is 3. The molecule has 1 unspecified atom stereocenters. The molecular weight excluding hydrogens is 275 g/mol. The van der Waals surface area contributed by atoms with E-state index in [9.17, 15) is 13.2 Å². The van der Waals surface area contributed by atoms with Gasteiger partial charge in [-0.3, -0.25) is 0 Å². The van der Waals surface area contributed by atoms with Crippen LogP contribution in [-0.4, -0.2) is 11.7 Å². The Hall–Kier alpha value is -0.590. The molecule has 1 aromatic rings. The Balaban J connectivity index is 3.09. The summed E-state index contributed by atoms with van der Waals surface area (Å²) in [5.74, 6) is 0. The average molecular weight is 284 g/mol. The van der Waals surface area contributed by atoms with Crippen LogP contribution in [0.2, 0.25) is 0 Å². The van der Waals surface area contributed by atoms with Gasteiger partial charge in [0.05, 0.1) is 18.2 Å². The number of hydrogen-bond donors (Lipinski definition) is 2. The maximum absolute atomic E-state index is 12.3.